The molecule has 8 aromatic rings. The van der Waals surface area contributed by atoms with E-state index in [1.54, 1.807) is 0 Å². The minimum absolute atomic E-state index is 0.0632. The molecule has 1 heterocycles. The molecule has 2 nitrogen and oxygen atoms in total. The molecule has 1 aliphatic heterocycles. The second kappa shape index (κ2) is 12.9. The molecule has 1 atom stereocenters. The van der Waals surface area contributed by atoms with Gasteiger partial charge in [-0.05, 0) is 98.4 Å². The van der Waals surface area contributed by atoms with Crippen LogP contribution in [0, 0.1) is 0 Å². The van der Waals surface area contributed by atoms with E-state index >= 15 is 0 Å². The van der Waals surface area contributed by atoms with E-state index in [9.17, 15) is 0 Å². The van der Waals surface area contributed by atoms with Gasteiger partial charge in [0.15, 0.2) is 0 Å². The van der Waals surface area contributed by atoms with Crippen molar-refractivity contribution in [1.82, 2.24) is 5.32 Å². The van der Waals surface area contributed by atoms with Crippen LogP contribution in [0.5, 0.6) is 0 Å². The summed E-state index contributed by atoms with van der Waals surface area (Å²) >= 11 is 0. The van der Waals surface area contributed by atoms with Crippen molar-refractivity contribution in [2.24, 2.45) is 4.99 Å². The molecule has 266 valence electrons. The van der Waals surface area contributed by atoms with Gasteiger partial charge in [0.2, 0.25) is 0 Å². The van der Waals surface area contributed by atoms with Gasteiger partial charge in [0.25, 0.3) is 0 Å². The number of hydrogen-bond acceptors (Lipinski definition) is 2. The summed E-state index contributed by atoms with van der Waals surface area (Å²) < 4.78 is 0. The van der Waals surface area contributed by atoms with Crippen molar-refractivity contribution in [3.8, 4) is 22.3 Å². The molecule has 0 radical (unpaired) electrons. The average Bonchev–Trinajstić information content (AvgIpc) is 3.70. The molecule has 2 aliphatic carbocycles. The number of nitrogens with zero attached hydrogens (tertiary/aromatic N) is 1. The molecule has 56 heavy (non-hydrogen) atoms. The molecule has 1 N–H and O–H groups in total. The molecule has 0 spiro atoms. The number of rotatable bonds is 6. The van der Waals surface area contributed by atoms with E-state index in [0.717, 1.165) is 22.7 Å². The van der Waals surface area contributed by atoms with Crippen molar-refractivity contribution in [3.05, 3.63) is 221 Å². The van der Waals surface area contributed by atoms with Crippen molar-refractivity contribution in [2.45, 2.75) is 25.3 Å². The Morgan fingerprint density at radius 2 is 1.11 bits per heavy atom. The van der Waals surface area contributed by atoms with E-state index in [1.807, 2.05) is 0 Å². The highest BCUT2D eigenvalue weighted by Gasteiger charge is 2.41. The first kappa shape index (κ1) is 33.0. The predicted octanol–water partition coefficient (Wildman–Crippen LogP) is 11.3. The van der Waals surface area contributed by atoms with Crippen LogP contribution in [0.3, 0.4) is 0 Å². The van der Waals surface area contributed by atoms with Gasteiger partial charge >= 0.3 is 0 Å². The van der Waals surface area contributed by atoms with Crippen LogP contribution < -0.4 is 21.2 Å². The lowest BCUT2D eigenvalue weighted by Gasteiger charge is -2.29. The third-order valence-corrected chi connectivity index (χ3v) is 14.9. The minimum Gasteiger partial charge on any atom is -0.370 e. The lowest BCUT2D eigenvalue weighted by molar-refractivity contribution is 0.660. The molecule has 0 fully saturated rings. The maximum absolute atomic E-state index is 5.53. The Kier molecular flexibility index (Phi) is 7.59. The van der Waals surface area contributed by atoms with Crippen LogP contribution in [0.2, 0.25) is 0 Å². The molecule has 3 aliphatic rings. The largest absolute Gasteiger partial charge is 0.370 e. The van der Waals surface area contributed by atoms with Gasteiger partial charge in [-0.1, -0.05) is 153 Å². The zero-order chi connectivity index (χ0) is 37.4. The van der Waals surface area contributed by atoms with Gasteiger partial charge in [-0.25, -0.2) is 4.99 Å². The van der Waals surface area contributed by atoms with E-state index < -0.39 is 7.92 Å². The topological polar surface area (TPSA) is 24.4 Å². The maximum Gasteiger partial charge on any atom is 0.102 e. The van der Waals surface area contributed by atoms with Crippen molar-refractivity contribution in [1.29, 1.82) is 0 Å². The van der Waals surface area contributed by atoms with Crippen LogP contribution in [0.15, 0.2) is 193 Å². The molecule has 3 heteroatoms. The Bertz CT molecular complexity index is 2840. The Hall–Kier alpha value is -6.34. The third-order valence-electron chi connectivity index (χ3n) is 12.2. The van der Waals surface area contributed by atoms with Gasteiger partial charge in [-0.3, -0.25) is 0 Å². The van der Waals surface area contributed by atoms with Gasteiger partial charge in [-0.15, -0.1) is 0 Å². The summed E-state index contributed by atoms with van der Waals surface area (Å²) in [5, 5.41) is 10.9. The first-order valence-electron chi connectivity index (χ1n) is 19.6. The highest BCUT2D eigenvalue weighted by atomic mass is 31.1. The van der Waals surface area contributed by atoms with E-state index in [0.29, 0.717) is 0 Å². The van der Waals surface area contributed by atoms with E-state index in [2.05, 4.69) is 207 Å². The number of benzene rings is 8. The lowest BCUT2D eigenvalue weighted by atomic mass is 9.80. The minimum atomic E-state index is -1.12. The Morgan fingerprint density at radius 1 is 0.500 bits per heavy atom. The number of fused-ring (bicyclic) bond motifs is 6. The van der Waals surface area contributed by atoms with Crippen molar-refractivity contribution < 1.29 is 0 Å². The van der Waals surface area contributed by atoms with E-state index in [-0.39, 0.29) is 11.5 Å². The molecule has 0 bridgehead atoms. The summed E-state index contributed by atoms with van der Waals surface area (Å²) in [7, 11) is -1.12. The maximum atomic E-state index is 5.53. The van der Waals surface area contributed by atoms with Crippen LogP contribution in [-0.4, -0.2) is 5.71 Å². The fourth-order valence-electron chi connectivity index (χ4n) is 9.45. The molecule has 8 aromatic carbocycles. The second-order valence-corrected chi connectivity index (χ2v) is 18.2. The summed E-state index contributed by atoms with van der Waals surface area (Å²) in [5.74, 6) is 0. The fourth-order valence-corrected chi connectivity index (χ4v) is 12.0. The lowest BCUT2D eigenvalue weighted by Crippen LogP contribution is -2.31. The monoisotopic (exact) mass is 735 g/mol. The number of nitrogens with one attached hydrogen (secondary N) is 1. The second-order valence-electron chi connectivity index (χ2n) is 15.7. The van der Waals surface area contributed by atoms with Crippen molar-refractivity contribution in [3.63, 3.8) is 0 Å². The summed E-state index contributed by atoms with van der Waals surface area (Å²) in [5.41, 5.74) is 15.8. The van der Waals surface area contributed by atoms with Crippen LogP contribution in [-0.2, 0) is 5.41 Å². The molecule has 0 aromatic heterocycles. The number of aliphatic imine (C=N–C) groups is 1. The quantitative estimate of drug-likeness (QED) is 0.169. The zero-order valence-electron chi connectivity index (χ0n) is 31.4. The SMILES string of the molecule is CC1(C)c2cc(-c3ccc([PH+](c4ccccc4)c4ccccc4)cc3)ccc2-c2c1cc1c3c(cccc23)C2=C1NC(c1ccccc1)C(c1ccccc1)=N2. The Labute approximate surface area is 329 Å². The Morgan fingerprint density at radius 3 is 1.79 bits per heavy atom. The smallest absolute Gasteiger partial charge is 0.102 e. The van der Waals surface area contributed by atoms with Gasteiger partial charge in [0, 0.05) is 21.9 Å². The molecular formula is C53H40N2P+. The summed E-state index contributed by atoms with van der Waals surface area (Å²) in [6.45, 7) is 4.80. The predicted molar refractivity (Wildman–Crippen MR) is 239 cm³/mol. The first-order chi connectivity index (χ1) is 27.5. The molecular weight excluding hydrogens is 696 g/mol. The molecule has 0 saturated carbocycles. The molecule has 0 amide bonds. The highest BCUT2D eigenvalue weighted by Crippen LogP contribution is 2.56. The standard InChI is InChI=1S/C53H39N2P/c1-53(2)45-32-37(34-26-29-40(30-27-34)56(38-20-11-5-12-21-38)39-22-13-6-14-23-39)28-31-41(45)48-42-24-15-25-43-47(42)44(33-46(48)53)52-51(43)54-49(35-16-7-3-8-17-35)50(55-52)36-18-9-4-10-19-36/h3-33,50,55H,1-2H3/p+1. The summed E-state index contributed by atoms with van der Waals surface area (Å²) in [6.07, 6.45) is 0. The van der Waals surface area contributed by atoms with Gasteiger partial charge in [0.1, 0.15) is 15.9 Å². The Balaban J connectivity index is 1.000. The first-order valence-corrected chi connectivity index (χ1v) is 21.1. The van der Waals surface area contributed by atoms with Crippen molar-refractivity contribution in [2.75, 3.05) is 0 Å². The molecule has 0 saturated heterocycles. The van der Waals surface area contributed by atoms with Gasteiger partial charge in [-0.2, -0.15) is 0 Å². The highest BCUT2D eigenvalue weighted by molar-refractivity contribution is 7.79. The third kappa shape index (κ3) is 5.10. The fraction of sp³-hybridized carbons (Fsp3) is 0.0755. The van der Waals surface area contributed by atoms with E-state index in [4.69, 9.17) is 4.99 Å². The molecule has 1 unspecified atom stereocenters. The van der Waals surface area contributed by atoms with E-state index in [1.165, 1.54) is 76.8 Å². The van der Waals surface area contributed by atoms with Crippen LogP contribution in [0.1, 0.15) is 53.3 Å². The van der Waals surface area contributed by atoms with Gasteiger partial charge in [0.05, 0.1) is 31.1 Å². The summed E-state index contributed by atoms with van der Waals surface area (Å²) in [6, 6.07) is 69.1. The molecule has 11 rings (SSSR count). The van der Waals surface area contributed by atoms with Crippen LogP contribution in [0.25, 0.3) is 44.4 Å². The van der Waals surface area contributed by atoms with Gasteiger partial charge < -0.3 is 5.32 Å². The van der Waals surface area contributed by atoms with Crippen LogP contribution in [0.4, 0.5) is 0 Å². The average molecular weight is 736 g/mol. The number of hydrogen-bond donors (Lipinski definition) is 1. The normalized spacial score (nSPS) is 16.0. The summed E-state index contributed by atoms with van der Waals surface area (Å²) in [4.78, 5) is 5.53. The van der Waals surface area contributed by atoms with Crippen molar-refractivity contribution >= 4 is 51.7 Å². The zero-order valence-corrected chi connectivity index (χ0v) is 32.4. The van der Waals surface area contributed by atoms with Crippen LogP contribution >= 0.6 is 7.92 Å².